The zero-order chi connectivity index (χ0) is 13.8. The number of hydrogen-bond donors (Lipinski definition) is 1. The quantitative estimate of drug-likeness (QED) is 0.875. The minimum absolute atomic E-state index is 0.180. The van der Waals surface area contributed by atoms with Crippen LogP contribution in [0, 0.1) is 6.92 Å². The van der Waals surface area contributed by atoms with Crippen molar-refractivity contribution in [1.82, 2.24) is 10.3 Å². The molecule has 0 bridgehead atoms. The number of carbonyl (C=O) groups excluding carboxylic acids is 1. The van der Waals surface area contributed by atoms with Crippen LogP contribution in [0.25, 0.3) is 10.6 Å². The van der Waals surface area contributed by atoms with Crippen LogP contribution in [-0.4, -0.2) is 10.9 Å². The van der Waals surface area contributed by atoms with Crippen LogP contribution in [0.1, 0.15) is 10.6 Å². The van der Waals surface area contributed by atoms with Crippen molar-refractivity contribution in [3.8, 4) is 10.6 Å². The second kappa shape index (κ2) is 5.99. The van der Waals surface area contributed by atoms with E-state index in [1.54, 1.807) is 11.3 Å². The van der Waals surface area contributed by atoms with Crippen LogP contribution in [0.15, 0.2) is 36.9 Å². The molecule has 0 aliphatic rings. The molecule has 1 amide bonds. The molecule has 1 aromatic heterocycles. The van der Waals surface area contributed by atoms with Gasteiger partial charge >= 0.3 is 0 Å². The zero-order valence-electron chi connectivity index (χ0n) is 10.4. The van der Waals surface area contributed by atoms with Gasteiger partial charge in [0, 0.05) is 15.5 Å². The van der Waals surface area contributed by atoms with E-state index in [1.807, 2.05) is 31.2 Å². The van der Waals surface area contributed by atoms with Gasteiger partial charge in [-0.3, -0.25) is 4.79 Å². The fourth-order valence-electron chi connectivity index (χ4n) is 1.55. The lowest BCUT2D eigenvalue weighted by atomic mass is 10.2. The first-order valence-corrected chi connectivity index (χ1v) is 6.92. The van der Waals surface area contributed by atoms with Crippen LogP contribution in [0.2, 0.25) is 5.02 Å². The van der Waals surface area contributed by atoms with Crippen LogP contribution in [0.5, 0.6) is 0 Å². The molecule has 1 aromatic carbocycles. The van der Waals surface area contributed by atoms with Gasteiger partial charge in [-0.1, -0.05) is 30.3 Å². The van der Waals surface area contributed by atoms with E-state index in [4.69, 9.17) is 11.6 Å². The average Bonchev–Trinajstić information content (AvgIpc) is 2.78. The Hall–Kier alpha value is -1.65. The van der Waals surface area contributed by atoms with Gasteiger partial charge in [-0.15, -0.1) is 11.3 Å². The molecule has 1 N–H and O–H groups in total. The van der Waals surface area contributed by atoms with Crippen molar-refractivity contribution in [3.63, 3.8) is 0 Å². The van der Waals surface area contributed by atoms with E-state index in [-0.39, 0.29) is 5.91 Å². The number of aromatic nitrogens is 1. The molecule has 3 nitrogen and oxygen atoms in total. The Balaban J connectivity index is 2.18. The molecule has 5 heteroatoms. The van der Waals surface area contributed by atoms with Gasteiger partial charge in [-0.2, -0.15) is 0 Å². The van der Waals surface area contributed by atoms with E-state index in [0.717, 1.165) is 21.1 Å². The number of carbonyl (C=O) groups is 1. The smallest absolute Gasteiger partial charge is 0.243 e. The Labute approximate surface area is 120 Å². The number of thiazole rings is 1. The molecule has 0 spiro atoms. The van der Waals surface area contributed by atoms with E-state index in [1.165, 1.54) is 6.08 Å². The first-order valence-electron chi connectivity index (χ1n) is 5.72. The second-order valence-electron chi connectivity index (χ2n) is 3.96. The predicted octanol–water partition coefficient (Wildman–Crippen LogP) is 3.57. The summed E-state index contributed by atoms with van der Waals surface area (Å²) in [4.78, 5) is 16.7. The summed E-state index contributed by atoms with van der Waals surface area (Å²) < 4.78 is 0. The van der Waals surface area contributed by atoms with E-state index >= 15 is 0 Å². The van der Waals surface area contributed by atoms with Crippen LogP contribution in [0.3, 0.4) is 0 Å². The summed E-state index contributed by atoms with van der Waals surface area (Å²) in [7, 11) is 0. The Bertz CT molecular complexity index is 604. The molecule has 0 saturated heterocycles. The number of rotatable bonds is 4. The van der Waals surface area contributed by atoms with Gasteiger partial charge in [0.15, 0.2) is 0 Å². The number of aryl methyl sites for hydroxylation is 1. The third-order valence-electron chi connectivity index (χ3n) is 2.59. The number of amides is 1. The third-order valence-corrected chi connectivity index (χ3v) is 4.05. The number of benzene rings is 1. The maximum atomic E-state index is 11.2. The largest absolute Gasteiger partial charge is 0.348 e. The highest BCUT2D eigenvalue weighted by atomic mass is 35.5. The van der Waals surface area contributed by atoms with Crippen molar-refractivity contribution in [2.75, 3.05) is 0 Å². The molecule has 0 saturated carbocycles. The molecule has 1 heterocycles. The van der Waals surface area contributed by atoms with Gasteiger partial charge in [0.05, 0.1) is 12.2 Å². The summed E-state index contributed by atoms with van der Waals surface area (Å²) in [6, 6.07) is 7.55. The number of nitrogens with one attached hydrogen (secondary N) is 1. The van der Waals surface area contributed by atoms with Gasteiger partial charge in [0.2, 0.25) is 5.91 Å². The lowest BCUT2D eigenvalue weighted by Gasteiger charge is -1.99. The summed E-state index contributed by atoms with van der Waals surface area (Å²) in [5.41, 5.74) is 1.96. The minimum Gasteiger partial charge on any atom is -0.348 e. The van der Waals surface area contributed by atoms with Gasteiger partial charge in [-0.25, -0.2) is 4.98 Å². The molecule has 0 aliphatic carbocycles. The van der Waals surface area contributed by atoms with Crippen molar-refractivity contribution >= 4 is 28.8 Å². The molecule has 0 atom stereocenters. The monoisotopic (exact) mass is 292 g/mol. The second-order valence-corrected chi connectivity index (χ2v) is 5.48. The van der Waals surface area contributed by atoms with Crippen LogP contribution in [-0.2, 0) is 11.3 Å². The summed E-state index contributed by atoms with van der Waals surface area (Å²) in [5.74, 6) is -0.180. The van der Waals surface area contributed by atoms with Crippen molar-refractivity contribution in [2.24, 2.45) is 0 Å². The Morgan fingerprint density at radius 3 is 2.79 bits per heavy atom. The molecule has 0 aliphatic heterocycles. The average molecular weight is 293 g/mol. The number of halogens is 1. The molecule has 0 radical (unpaired) electrons. The molecule has 0 fully saturated rings. The SMILES string of the molecule is C=CC(=O)NCc1sc(-c2ccc(Cl)cc2)nc1C. The molecule has 2 aromatic rings. The van der Waals surface area contributed by atoms with Gasteiger partial charge in [-0.05, 0) is 25.1 Å². The molecular weight excluding hydrogens is 280 g/mol. The standard InChI is InChI=1S/C14H13ClN2OS/c1-3-13(18)16-8-12-9(2)17-14(19-12)10-4-6-11(15)7-5-10/h3-7H,1,8H2,2H3,(H,16,18). The van der Waals surface area contributed by atoms with Crippen molar-refractivity contribution < 1.29 is 4.79 Å². The molecule has 2 rings (SSSR count). The van der Waals surface area contributed by atoms with Crippen molar-refractivity contribution in [3.05, 3.63) is 52.5 Å². The fraction of sp³-hybridized carbons (Fsp3) is 0.143. The summed E-state index contributed by atoms with van der Waals surface area (Å²) in [6.07, 6.45) is 1.26. The van der Waals surface area contributed by atoms with E-state index in [2.05, 4.69) is 16.9 Å². The molecular formula is C14H13ClN2OS. The Morgan fingerprint density at radius 2 is 2.16 bits per heavy atom. The third kappa shape index (κ3) is 3.43. The maximum absolute atomic E-state index is 11.2. The summed E-state index contributed by atoms with van der Waals surface area (Å²) >= 11 is 7.43. The number of hydrogen-bond acceptors (Lipinski definition) is 3. The predicted molar refractivity (Wildman–Crippen MR) is 79.3 cm³/mol. The molecule has 19 heavy (non-hydrogen) atoms. The van der Waals surface area contributed by atoms with Gasteiger partial charge < -0.3 is 5.32 Å². The Morgan fingerprint density at radius 1 is 1.47 bits per heavy atom. The normalized spacial score (nSPS) is 10.2. The van der Waals surface area contributed by atoms with Crippen molar-refractivity contribution in [1.29, 1.82) is 0 Å². The van der Waals surface area contributed by atoms with E-state index < -0.39 is 0 Å². The first kappa shape index (κ1) is 13.8. The van der Waals surface area contributed by atoms with Crippen LogP contribution >= 0.6 is 22.9 Å². The van der Waals surface area contributed by atoms with Gasteiger partial charge in [0.25, 0.3) is 0 Å². The van der Waals surface area contributed by atoms with E-state index in [0.29, 0.717) is 11.6 Å². The fourth-order valence-corrected chi connectivity index (χ4v) is 2.68. The van der Waals surface area contributed by atoms with Crippen molar-refractivity contribution in [2.45, 2.75) is 13.5 Å². The molecule has 0 unspecified atom stereocenters. The van der Waals surface area contributed by atoms with Crippen LogP contribution < -0.4 is 5.32 Å². The highest BCUT2D eigenvalue weighted by molar-refractivity contribution is 7.15. The number of nitrogens with zero attached hydrogens (tertiary/aromatic N) is 1. The summed E-state index contributed by atoms with van der Waals surface area (Å²) in [5, 5.41) is 4.39. The summed E-state index contributed by atoms with van der Waals surface area (Å²) in [6.45, 7) is 5.83. The topological polar surface area (TPSA) is 42.0 Å². The lowest BCUT2D eigenvalue weighted by Crippen LogP contribution is -2.19. The highest BCUT2D eigenvalue weighted by Gasteiger charge is 2.09. The Kier molecular flexibility index (Phi) is 4.35. The molecule has 98 valence electrons. The maximum Gasteiger partial charge on any atom is 0.243 e. The highest BCUT2D eigenvalue weighted by Crippen LogP contribution is 2.28. The minimum atomic E-state index is -0.180. The van der Waals surface area contributed by atoms with Crippen LogP contribution in [0.4, 0.5) is 0 Å². The first-order chi connectivity index (χ1) is 9.10. The van der Waals surface area contributed by atoms with E-state index in [9.17, 15) is 4.79 Å². The zero-order valence-corrected chi connectivity index (χ0v) is 12.0. The lowest BCUT2D eigenvalue weighted by molar-refractivity contribution is -0.116. The van der Waals surface area contributed by atoms with Gasteiger partial charge in [0.1, 0.15) is 5.01 Å².